The summed E-state index contributed by atoms with van der Waals surface area (Å²) in [4.78, 5) is 33.1. The van der Waals surface area contributed by atoms with Crippen molar-refractivity contribution in [3.05, 3.63) is 0 Å². The highest BCUT2D eigenvalue weighted by molar-refractivity contribution is 5.84. The Morgan fingerprint density at radius 1 is 1.11 bits per heavy atom. The molecule has 19 heavy (non-hydrogen) atoms. The molecule has 0 aliphatic rings. The first kappa shape index (κ1) is 17.3. The largest absolute Gasteiger partial charge is 0.467 e. The van der Waals surface area contributed by atoms with Crippen molar-refractivity contribution < 1.29 is 29.3 Å². The Balaban J connectivity index is 3.96. The molecule has 0 aliphatic carbocycles. The fraction of sp³-hybridized carbons (Fsp3) is 0.727. The van der Waals surface area contributed by atoms with Gasteiger partial charge in [-0.15, -0.1) is 0 Å². The number of amides is 2. The first-order chi connectivity index (χ1) is 9.04. The van der Waals surface area contributed by atoms with Crippen LogP contribution in [0.1, 0.15) is 19.3 Å². The lowest BCUT2D eigenvalue weighted by Gasteiger charge is -2.15. The molecule has 0 aliphatic heterocycles. The molecule has 4 N–H and O–H groups in total. The molecule has 0 saturated heterocycles. The zero-order valence-electron chi connectivity index (χ0n) is 10.8. The number of methoxy groups -OCH3 is 1. The van der Waals surface area contributed by atoms with Crippen molar-refractivity contribution in [2.75, 3.05) is 26.9 Å². The van der Waals surface area contributed by atoms with Crippen LogP contribution in [0.25, 0.3) is 0 Å². The third-order valence-corrected chi connectivity index (χ3v) is 2.35. The molecular formula is C11H20N2O6. The Bertz CT molecular complexity index is 308. The van der Waals surface area contributed by atoms with E-state index >= 15 is 0 Å². The van der Waals surface area contributed by atoms with E-state index in [1.165, 1.54) is 7.11 Å². The van der Waals surface area contributed by atoms with E-state index in [4.69, 9.17) is 10.2 Å². The maximum absolute atomic E-state index is 11.4. The Hall–Kier alpha value is -1.67. The molecule has 0 aromatic heterocycles. The summed E-state index contributed by atoms with van der Waals surface area (Å²) in [6, 6.07) is -0.807. The van der Waals surface area contributed by atoms with Gasteiger partial charge in [-0.05, 0) is 19.3 Å². The SMILES string of the molecule is COC(=O)C(CCCCNC(=O)CO)NC(=O)CO. The normalized spacial score (nSPS) is 11.5. The summed E-state index contributed by atoms with van der Waals surface area (Å²) in [5.41, 5.74) is 0. The van der Waals surface area contributed by atoms with Gasteiger partial charge in [0.15, 0.2) is 0 Å². The summed E-state index contributed by atoms with van der Waals surface area (Å²) in [7, 11) is 1.21. The summed E-state index contributed by atoms with van der Waals surface area (Å²) >= 11 is 0. The van der Waals surface area contributed by atoms with E-state index in [0.717, 1.165) is 0 Å². The number of carbonyl (C=O) groups is 3. The summed E-state index contributed by atoms with van der Waals surface area (Å²) in [5.74, 6) is -1.69. The van der Waals surface area contributed by atoms with Gasteiger partial charge in [0, 0.05) is 6.54 Å². The molecule has 0 rings (SSSR count). The molecule has 0 heterocycles. The minimum atomic E-state index is -0.807. The Labute approximate surface area is 111 Å². The molecule has 0 spiro atoms. The molecule has 2 amide bonds. The molecule has 8 heteroatoms. The van der Waals surface area contributed by atoms with Gasteiger partial charge in [0.05, 0.1) is 7.11 Å². The van der Waals surface area contributed by atoms with Crippen molar-refractivity contribution >= 4 is 17.8 Å². The summed E-state index contributed by atoms with van der Waals surface area (Å²) in [6.07, 6.45) is 1.50. The number of hydrogen-bond donors (Lipinski definition) is 4. The predicted molar refractivity (Wildman–Crippen MR) is 65.0 cm³/mol. The maximum atomic E-state index is 11.4. The second-order valence-corrected chi connectivity index (χ2v) is 3.81. The molecule has 0 bridgehead atoms. The minimum Gasteiger partial charge on any atom is -0.467 e. The number of hydrogen-bond acceptors (Lipinski definition) is 6. The third-order valence-electron chi connectivity index (χ3n) is 2.35. The van der Waals surface area contributed by atoms with Gasteiger partial charge in [0.1, 0.15) is 19.3 Å². The van der Waals surface area contributed by atoms with Crippen LogP contribution < -0.4 is 10.6 Å². The van der Waals surface area contributed by atoms with Gasteiger partial charge in [0.25, 0.3) is 0 Å². The summed E-state index contributed by atoms with van der Waals surface area (Å²) < 4.78 is 4.53. The number of ether oxygens (including phenoxy) is 1. The van der Waals surface area contributed by atoms with Gasteiger partial charge in [-0.3, -0.25) is 9.59 Å². The van der Waals surface area contributed by atoms with E-state index < -0.39 is 37.0 Å². The van der Waals surface area contributed by atoms with Crippen LogP contribution in [0.15, 0.2) is 0 Å². The van der Waals surface area contributed by atoms with Crippen molar-refractivity contribution in [1.29, 1.82) is 0 Å². The molecule has 0 saturated carbocycles. The van der Waals surface area contributed by atoms with Crippen molar-refractivity contribution in [3.63, 3.8) is 0 Å². The lowest BCUT2D eigenvalue weighted by Crippen LogP contribution is -2.42. The van der Waals surface area contributed by atoms with Crippen LogP contribution in [0.4, 0.5) is 0 Å². The average Bonchev–Trinajstić information content (AvgIpc) is 2.43. The van der Waals surface area contributed by atoms with Gasteiger partial charge in [0.2, 0.25) is 11.8 Å². The average molecular weight is 276 g/mol. The highest BCUT2D eigenvalue weighted by Crippen LogP contribution is 2.02. The Morgan fingerprint density at radius 3 is 2.26 bits per heavy atom. The first-order valence-electron chi connectivity index (χ1n) is 5.90. The van der Waals surface area contributed by atoms with Crippen LogP contribution in [-0.4, -0.2) is 60.9 Å². The second-order valence-electron chi connectivity index (χ2n) is 3.81. The van der Waals surface area contributed by atoms with Crippen LogP contribution in [0.2, 0.25) is 0 Å². The van der Waals surface area contributed by atoms with Gasteiger partial charge in [-0.1, -0.05) is 0 Å². The minimum absolute atomic E-state index is 0.341. The molecule has 0 radical (unpaired) electrons. The van der Waals surface area contributed by atoms with Crippen LogP contribution in [0, 0.1) is 0 Å². The quantitative estimate of drug-likeness (QED) is 0.283. The zero-order chi connectivity index (χ0) is 14.7. The highest BCUT2D eigenvalue weighted by atomic mass is 16.5. The predicted octanol–water partition coefficient (Wildman–Crippen LogP) is -2.08. The topological polar surface area (TPSA) is 125 Å². The smallest absolute Gasteiger partial charge is 0.328 e. The van der Waals surface area contributed by atoms with Crippen LogP contribution >= 0.6 is 0 Å². The first-order valence-corrected chi connectivity index (χ1v) is 5.90. The standard InChI is InChI=1S/C11H20N2O6/c1-19-11(18)8(13-10(17)7-15)4-2-3-5-12-9(16)6-14/h8,14-15H,2-7H2,1H3,(H,12,16)(H,13,17). The highest BCUT2D eigenvalue weighted by Gasteiger charge is 2.20. The molecule has 110 valence electrons. The monoisotopic (exact) mass is 276 g/mol. The van der Waals surface area contributed by atoms with Crippen molar-refractivity contribution in [3.8, 4) is 0 Å². The number of rotatable bonds is 9. The van der Waals surface area contributed by atoms with E-state index in [1.54, 1.807) is 0 Å². The van der Waals surface area contributed by atoms with Crippen LogP contribution in [0.3, 0.4) is 0 Å². The fourth-order valence-corrected chi connectivity index (χ4v) is 1.39. The van der Waals surface area contributed by atoms with E-state index in [9.17, 15) is 14.4 Å². The number of aliphatic hydroxyl groups is 2. The van der Waals surface area contributed by atoms with E-state index in [1.807, 2.05) is 0 Å². The van der Waals surface area contributed by atoms with Gasteiger partial charge < -0.3 is 25.6 Å². The molecule has 0 aromatic rings. The number of aliphatic hydroxyl groups excluding tert-OH is 2. The number of nitrogens with one attached hydrogen (secondary N) is 2. The fourth-order valence-electron chi connectivity index (χ4n) is 1.39. The Morgan fingerprint density at radius 2 is 1.74 bits per heavy atom. The van der Waals surface area contributed by atoms with Gasteiger partial charge >= 0.3 is 5.97 Å². The number of carbonyl (C=O) groups excluding carboxylic acids is 3. The van der Waals surface area contributed by atoms with Crippen LogP contribution in [-0.2, 0) is 19.1 Å². The lowest BCUT2D eigenvalue weighted by atomic mass is 10.1. The number of esters is 1. The molecular weight excluding hydrogens is 256 g/mol. The lowest BCUT2D eigenvalue weighted by molar-refractivity contribution is -0.145. The van der Waals surface area contributed by atoms with Gasteiger partial charge in [-0.25, -0.2) is 4.79 Å². The van der Waals surface area contributed by atoms with E-state index in [2.05, 4.69) is 15.4 Å². The van der Waals surface area contributed by atoms with E-state index in [0.29, 0.717) is 25.8 Å². The van der Waals surface area contributed by atoms with Crippen LogP contribution in [0.5, 0.6) is 0 Å². The molecule has 1 unspecified atom stereocenters. The third kappa shape index (κ3) is 8.11. The summed E-state index contributed by atoms with van der Waals surface area (Å²) in [5, 5.41) is 21.9. The van der Waals surface area contributed by atoms with Crippen molar-refractivity contribution in [2.45, 2.75) is 25.3 Å². The second kappa shape index (κ2) is 10.3. The zero-order valence-corrected chi connectivity index (χ0v) is 10.8. The number of unbranched alkanes of at least 4 members (excludes halogenated alkanes) is 1. The molecule has 0 fully saturated rings. The Kier molecular flexibility index (Phi) is 9.37. The molecule has 8 nitrogen and oxygen atoms in total. The van der Waals surface area contributed by atoms with E-state index in [-0.39, 0.29) is 0 Å². The molecule has 0 aromatic carbocycles. The maximum Gasteiger partial charge on any atom is 0.328 e. The molecule has 1 atom stereocenters. The van der Waals surface area contributed by atoms with Crippen molar-refractivity contribution in [1.82, 2.24) is 10.6 Å². The van der Waals surface area contributed by atoms with Gasteiger partial charge in [-0.2, -0.15) is 0 Å². The van der Waals surface area contributed by atoms with Crippen molar-refractivity contribution in [2.24, 2.45) is 0 Å². The summed E-state index contributed by atoms with van der Waals surface area (Å²) in [6.45, 7) is -0.876.